The van der Waals surface area contributed by atoms with Crippen LogP contribution in [0, 0.1) is 11.8 Å². The molecule has 0 aliphatic carbocycles. The van der Waals surface area contributed by atoms with Gasteiger partial charge in [0.05, 0.1) is 24.7 Å². The lowest BCUT2D eigenvalue weighted by molar-refractivity contribution is -0.151. The normalized spacial score (nSPS) is 26.4. The van der Waals surface area contributed by atoms with E-state index in [0.29, 0.717) is 25.6 Å². The number of aliphatic hydroxyl groups excluding tert-OH is 1. The number of morpholine rings is 1. The van der Waals surface area contributed by atoms with Gasteiger partial charge >= 0.3 is 0 Å². The molecule has 1 aliphatic heterocycles. The lowest BCUT2D eigenvalue weighted by atomic mass is 9.95. The lowest BCUT2D eigenvalue weighted by Crippen LogP contribution is -2.52. The van der Waals surface area contributed by atoms with Crippen LogP contribution < -0.4 is 5.73 Å². The van der Waals surface area contributed by atoms with E-state index in [1.165, 1.54) is 0 Å². The Balaban J connectivity index is 2.63. The average Bonchev–Trinajstić information content (AvgIpc) is 2.34. The minimum atomic E-state index is -0.268. The van der Waals surface area contributed by atoms with E-state index in [1.54, 1.807) is 4.90 Å². The van der Waals surface area contributed by atoms with Gasteiger partial charge in [-0.1, -0.05) is 13.8 Å². The van der Waals surface area contributed by atoms with Crippen molar-refractivity contribution in [1.82, 2.24) is 4.90 Å². The third kappa shape index (κ3) is 4.23. The lowest BCUT2D eigenvalue weighted by Gasteiger charge is -2.37. The number of hydrogen-bond donors (Lipinski definition) is 2. The van der Waals surface area contributed by atoms with Crippen molar-refractivity contribution in [2.75, 3.05) is 26.2 Å². The van der Waals surface area contributed by atoms with Gasteiger partial charge in [0.15, 0.2) is 0 Å². The summed E-state index contributed by atoms with van der Waals surface area (Å²) in [6.07, 6.45) is 0.512. The van der Waals surface area contributed by atoms with Crippen LogP contribution in [-0.2, 0) is 9.53 Å². The zero-order valence-electron chi connectivity index (χ0n) is 11.6. The van der Waals surface area contributed by atoms with Crippen LogP contribution in [0.15, 0.2) is 0 Å². The van der Waals surface area contributed by atoms with E-state index in [9.17, 15) is 4.79 Å². The molecule has 1 fully saturated rings. The van der Waals surface area contributed by atoms with Crippen molar-refractivity contribution in [3.63, 3.8) is 0 Å². The summed E-state index contributed by atoms with van der Waals surface area (Å²) >= 11 is 0. The largest absolute Gasteiger partial charge is 0.394 e. The minimum absolute atomic E-state index is 0.0303. The highest BCUT2D eigenvalue weighted by Crippen LogP contribution is 2.18. The van der Waals surface area contributed by atoms with E-state index in [-0.39, 0.29) is 30.6 Å². The third-order valence-corrected chi connectivity index (χ3v) is 3.23. The molecule has 1 amide bonds. The summed E-state index contributed by atoms with van der Waals surface area (Å²) in [5.41, 5.74) is 5.70. The zero-order valence-corrected chi connectivity index (χ0v) is 11.6. The van der Waals surface area contributed by atoms with Crippen LogP contribution in [0.4, 0.5) is 0 Å². The number of nitrogens with two attached hydrogens (primary N) is 1. The number of rotatable bonds is 5. The molecular formula is C13H26N2O3. The van der Waals surface area contributed by atoms with Crippen LogP contribution >= 0.6 is 0 Å². The van der Waals surface area contributed by atoms with Gasteiger partial charge in [0.2, 0.25) is 5.91 Å². The molecule has 0 bridgehead atoms. The number of amides is 1. The molecule has 1 saturated heterocycles. The van der Waals surface area contributed by atoms with Crippen molar-refractivity contribution < 1.29 is 14.6 Å². The molecule has 18 heavy (non-hydrogen) atoms. The summed E-state index contributed by atoms with van der Waals surface area (Å²) in [6, 6.07) is 0. The summed E-state index contributed by atoms with van der Waals surface area (Å²) in [5, 5.41) is 9.16. The predicted octanol–water partition coefficient (Wildman–Crippen LogP) is 0.216. The second-order valence-electron chi connectivity index (χ2n) is 5.56. The Labute approximate surface area is 109 Å². The first-order valence-corrected chi connectivity index (χ1v) is 6.73. The Morgan fingerprint density at radius 2 is 2.17 bits per heavy atom. The average molecular weight is 258 g/mol. The Morgan fingerprint density at radius 1 is 1.50 bits per heavy atom. The van der Waals surface area contributed by atoms with Gasteiger partial charge in [-0.2, -0.15) is 0 Å². The van der Waals surface area contributed by atoms with Crippen molar-refractivity contribution in [3.05, 3.63) is 0 Å². The second kappa shape index (κ2) is 7.07. The molecule has 3 N–H and O–H groups in total. The standard InChI is InChI=1S/C13H26N2O3/c1-9(2)4-11(5-14)13(17)15-6-10(3)18-12(7-15)8-16/h9-12,16H,4-8,14H2,1-3H3. The molecule has 1 heterocycles. The van der Waals surface area contributed by atoms with Crippen LogP contribution in [0.5, 0.6) is 0 Å². The quantitative estimate of drug-likeness (QED) is 0.739. The first-order chi connectivity index (χ1) is 8.47. The van der Waals surface area contributed by atoms with Crippen LogP contribution in [0.3, 0.4) is 0 Å². The van der Waals surface area contributed by atoms with Crippen molar-refractivity contribution in [1.29, 1.82) is 0 Å². The monoisotopic (exact) mass is 258 g/mol. The summed E-state index contributed by atoms with van der Waals surface area (Å²) in [7, 11) is 0. The summed E-state index contributed by atoms with van der Waals surface area (Å²) < 4.78 is 5.54. The van der Waals surface area contributed by atoms with Crippen molar-refractivity contribution in [2.45, 2.75) is 39.4 Å². The molecule has 1 aliphatic rings. The zero-order chi connectivity index (χ0) is 13.7. The van der Waals surface area contributed by atoms with Gasteiger partial charge in [-0.25, -0.2) is 0 Å². The molecule has 3 atom stereocenters. The van der Waals surface area contributed by atoms with Gasteiger partial charge in [0.25, 0.3) is 0 Å². The SMILES string of the molecule is CC(C)CC(CN)C(=O)N1CC(C)OC(CO)C1. The molecule has 106 valence electrons. The molecule has 3 unspecified atom stereocenters. The first-order valence-electron chi connectivity index (χ1n) is 6.73. The molecule has 0 aromatic carbocycles. The van der Waals surface area contributed by atoms with E-state index in [4.69, 9.17) is 15.6 Å². The van der Waals surface area contributed by atoms with Crippen LogP contribution in [0.2, 0.25) is 0 Å². The maximum Gasteiger partial charge on any atom is 0.227 e. The molecule has 1 rings (SSSR count). The highest BCUT2D eigenvalue weighted by atomic mass is 16.5. The van der Waals surface area contributed by atoms with Crippen molar-refractivity contribution in [3.8, 4) is 0 Å². The highest BCUT2D eigenvalue weighted by Gasteiger charge is 2.31. The number of nitrogens with zero attached hydrogens (tertiary/aromatic N) is 1. The van der Waals surface area contributed by atoms with Crippen molar-refractivity contribution in [2.24, 2.45) is 17.6 Å². The van der Waals surface area contributed by atoms with Gasteiger partial charge in [0, 0.05) is 19.6 Å². The molecule has 0 aromatic rings. The number of aliphatic hydroxyl groups is 1. The topological polar surface area (TPSA) is 75.8 Å². The van der Waals surface area contributed by atoms with Gasteiger partial charge in [-0.15, -0.1) is 0 Å². The number of carbonyl (C=O) groups is 1. The van der Waals surface area contributed by atoms with Crippen molar-refractivity contribution >= 4 is 5.91 Å². The third-order valence-electron chi connectivity index (χ3n) is 3.23. The number of carbonyl (C=O) groups excluding carboxylic acids is 1. The van der Waals surface area contributed by atoms with E-state index < -0.39 is 0 Å². The number of hydrogen-bond acceptors (Lipinski definition) is 4. The fraction of sp³-hybridized carbons (Fsp3) is 0.923. The molecule has 0 radical (unpaired) electrons. The Morgan fingerprint density at radius 3 is 2.67 bits per heavy atom. The minimum Gasteiger partial charge on any atom is -0.394 e. The van der Waals surface area contributed by atoms with E-state index >= 15 is 0 Å². The van der Waals surface area contributed by atoms with Crippen LogP contribution in [0.1, 0.15) is 27.2 Å². The molecule has 5 heteroatoms. The highest BCUT2D eigenvalue weighted by molar-refractivity contribution is 5.79. The second-order valence-corrected chi connectivity index (χ2v) is 5.56. The smallest absolute Gasteiger partial charge is 0.227 e. The molecular weight excluding hydrogens is 232 g/mol. The summed E-state index contributed by atoms with van der Waals surface area (Å²) in [6.45, 7) is 7.49. The first kappa shape index (κ1) is 15.4. The maximum absolute atomic E-state index is 12.4. The Bertz CT molecular complexity index is 271. The van der Waals surface area contributed by atoms with Gasteiger partial charge < -0.3 is 20.5 Å². The Kier molecular flexibility index (Phi) is 6.05. The summed E-state index contributed by atoms with van der Waals surface area (Å²) in [4.78, 5) is 14.2. The fourth-order valence-electron chi connectivity index (χ4n) is 2.45. The fourth-order valence-corrected chi connectivity index (χ4v) is 2.45. The molecule has 0 saturated carbocycles. The molecule has 0 spiro atoms. The van der Waals surface area contributed by atoms with Gasteiger partial charge in [0.1, 0.15) is 0 Å². The number of ether oxygens (including phenoxy) is 1. The Hall–Kier alpha value is -0.650. The van der Waals surface area contributed by atoms with E-state index in [2.05, 4.69) is 13.8 Å². The maximum atomic E-state index is 12.4. The molecule has 5 nitrogen and oxygen atoms in total. The van der Waals surface area contributed by atoms with Gasteiger partial charge in [-0.05, 0) is 19.3 Å². The van der Waals surface area contributed by atoms with Crippen LogP contribution in [0.25, 0.3) is 0 Å². The van der Waals surface area contributed by atoms with Crippen LogP contribution in [-0.4, -0.2) is 54.4 Å². The molecule has 0 aromatic heterocycles. The van der Waals surface area contributed by atoms with Gasteiger partial charge in [-0.3, -0.25) is 4.79 Å². The van der Waals surface area contributed by atoms with E-state index in [1.807, 2.05) is 6.92 Å². The van der Waals surface area contributed by atoms with E-state index in [0.717, 1.165) is 6.42 Å². The predicted molar refractivity (Wildman–Crippen MR) is 70.0 cm³/mol. The summed E-state index contributed by atoms with van der Waals surface area (Å²) in [5.74, 6) is 0.434.